The van der Waals surface area contributed by atoms with Gasteiger partial charge >= 0.3 is 0 Å². The molecule has 0 spiro atoms. The maximum atomic E-state index is 5.32. The predicted octanol–water partition coefficient (Wildman–Crippen LogP) is 0.793. The van der Waals surface area contributed by atoms with Crippen molar-refractivity contribution in [3.8, 4) is 11.5 Å². The maximum absolute atomic E-state index is 5.32. The molecule has 0 amide bonds. The summed E-state index contributed by atoms with van der Waals surface area (Å²) in [6.07, 6.45) is 1.79. The first kappa shape index (κ1) is 9.02. The molecule has 0 saturated carbocycles. The molecule has 1 aliphatic rings. The monoisotopic (exact) mass is 192 g/mol. The van der Waals surface area contributed by atoms with Crippen LogP contribution in [0, 0.1) is 0 Å². The van der Waals surface area contributed by atoms with Gasteiger partial charge in [-0.15, -0.1) is 0 Å². The number of nitrogens with zero attached hydrogens (tertiary/aromatic N) is 1. The highest BCUT2D eigenvalue weighted by atomic mass is 16.7. The van der Waals surface area contributed by atoms with Crippen molar-refractivity contribution in [3.63, 3.8) is 0 Å². The Balaban J connectivity index is 2.12. The van der Waals surface area contributed by atoms with Crippen LogP contribution in [0.5, 0.6) is 11.5 Å². The topological polar surface area (TPSA) is 56.8 Å². The van der Waals surface area contributed by atoms with E-state index in [1.165, 1.54) is 0 Å². The van der Waals surface area contributed by atoms with Crippen LogP contribution in [0.2, 0.25) is 0 Å². The summed E-state index contributed by atoms with van der Waals surface area (Å²) >= 11 is 0. The van der Waals surface area contributed by atoms with Crippen LogP contribution in [0.1, 0.15) is 5.56 Å². The first-order chi connectivity index (χ1) is 6.90. The zero-order valence-corrected chi connectivity index (χ0v) is 7.77. The van der Waals surface area contributed by atoms with Gasteiger partial charge in [-0.05, 0) is 23.8 Å². The van der Waals surface area contributed by atoms with Crippen molar-refractivity contribution in [2.75, 3.05) is 19.9 Å². The molecule has 0 aliphatic carbocycles. The van der Waals surface area contributed by atoms with E-state index in [0.29, 0.717) is 19.9 Å². The summed E-state index contributed by atoms with van der Waals surface area (Å²) < 4.78 is 10.4. The molecule has 2 N–H and O–H groups in total. The first-order valence-electron chi connectivity index (χ1n) is 4.49. The van der Waals surface area contributed by atoms with Gasteiger partial charge in [0.25, 0.3) is 0 Å². The quantitative estimate of drug-likeness (QED) is 0.720. The average Bonchev–Trinajstić information content (AvgIpc) is 2.65. The van der Waals surface area contributed by atoms with E-state index in [1.807, 2.05) is 18.2 Å². The summed E-state index contributed by atoms with van der Waals surface area (Å²) in [4.78, 5) is 4.14. The third-order valence-corrected chi connectivity index (χ3v) is 1.90. The Kier molecular flexibility index (Phi) is 2.65. The lowest BCUT2D eigenvalue weighted by Crippen LogP contribution is -2.02. The number of hydrogen-bond donors (Lipinski definition) is 1. The molecule has 0 aromatic heterocycles. The van der Waals surface area contributed by atoms with E-state index in [-0.39, 0.29) is 0 Å². The molecule has 2 rings (SSSR count). The third-order valence-electron chi connectivity index (χ3n) is 1.90. The second kappa shape index (κ2) is 4.11. The number of aliphatic imine (C=N–C) groups is 1. The smallest absolute Gasteiger partial charge is 0.231 e. The van der Waals surface area contributed by atoms with Gasteiger partial charge < -0.3 is 15.2 Å². The van der Waals surface area contributed by atoms with Crippen molar-refractivity contribution in [1.82, 2.24) is 0 Å². The highest BCUT2D eigenvalue weighted by Crippen LogP contribution is 2.31. The van der Waals surface area contributed by atoms with E-state index >= 15 is 0 Å². The standard InChI is InChI=1S/C10H12N2O2/c11-3-4-12-6-8-1-2-9-10(5-8)14-7-13-9/h1-2,5-6H,3-4,7,11H2. The molecule has 0 saturated heterocycles. The van der Waals surface area contributed by atoms with Crippen molar-refractivity contribution >= 4 is 6.21 Å². The second-order valence-corrected chi connectivity index (χ2v) is 2.94. The average molecular weight is 192 g/mol. The van der Waals surface area contributed by atoms with Gasteiger partial charge in [-0.25, -0.2) is 0 Å². The lowest BCUT2D eigenvalue weighted by Gasteiger charge is -1.96. The molecule has 0 atom stereocenters. The van der Waals surface area contributed by atoms with Crippen molar-refractivity contribution in [2.45, 2.75) is 0 Å². The minimum atomic E-state index is 0.304. The van der Waals surface area contributed by atoms with Crippen LogP contribution in [-0.4, -0.2) is 26.1 Å². The fourth-order valence-electron chi connectivity index (χ4n) is 1.24. The van der Waals surface area contributed by atoms with Gasteiger partial charge in [0.05, 0.1) is 6.54 Å². The second-order valence-electron chi connectivity index (χ2n) is 2.94. The van der Waals surface area contributed by atoms with Crippen LogP contribution in [0.3, 0.4) is 0 Å². The predicted molar refractivity (Wildman–Crippen MR) is 54.1 cm³/mol. The Labute approximate surface area is 82.3 Å². The van der Waals surface area contributed by atoms with E-state index in [2.05, 4.69) is 4.99 Å². The number of ether oxygens (including phenoxy) is 2. The number of benzene rings is 1. The first-order valence-corrected chi connectivity index (χ1v) is 4.49. The van der Waals surface area contributed by atoms with Gasteiger partial charge in [0.15, 0.2) is 11.5 Å². The van der Waals surface area contributed by atoms with Crippen LogP contribution in [-0.2, 0) is 0 Å². The van der Waals surface area contributed by atoms with Crippen LogP contribution in [0.4, 0.5) is 0 Å². The van der Waals surface area contributed by atoms with E-state index in [4.69, 9.17) is 15.2 Å². The number of fused-ring (bicyclic) bond motifs is 1. The molecular formula is C10H12N2O2. The van der Waals surface area contributed by atoms with Gasteiger partial charge in [-0.2, -0.15) is 0 Å². The van der Waals surface area contributed by atoms with Gasteiger partial charge in [-0.1, -0.05) is 0 Å². The Morgan fingerprint density at radius 1 is 1.36 bits per heavy atom. The van der Waals surface area contributed by atoms with Crippen molar-refractivity contribution in [3.05, 3.63) is 23.8 Å². The zero-order chi connectivity index (χ0) is 9.80. The molecule has 0 radical (unpaired) electrons. The van der Waals surface area contributed by atoms with Crippen molar-refractivity contribution < 1.29 is 9.47 Å². The number of hydrogen-bond acceptors (Lipinski definition) is 4. The summed E-state index contributed by atoms with van der Waals surface area (Å²) in [5, 5.41) is 0. The van der Waals surface area contributed by atoms with Gasteiger partial charge in [0.1, 0.15) is 0 Å². The van der Waals surface area contributed by atoms with E-state index < -0.39 is 0 Å². The molecule has 74 valence electrons. The number of rotatable bonds is 3. The molecule has 1 aliphatic heterocycles. The molecule has 0 fully saturated rings. The van der Waals surface area contributed by atoms with E-state index in [1.54, 1.807) is 6.21 Å². The van der Waals surface area contributed by atoms with Crippen LogP contribution in [0.15, 0.2) is 23.2 Å². The van der Waals surface area contributed by atoms with Gasteiger partial charge in [0.2, 0.25) is 6.79 Å². The summed E-state index contributed by atoms with van der Waals surface area (Å²) in [6, 6.07) is 5.72. The van der Waals surface area contributed by atoms with Crippen LogP contribution in [0.25, 0.3) is 0 Å². The molecule has 1 aromatic rings. The molecule has 0 bridgehead atoms. The summed E-state index contributed by atoms with van der Waals surface area (Å²) in [6.45, 7) is 1.52. The fourth-order valence-corrected chi connectivity index (χ4v) is 1.24. The van der Waals surface area contributed by atoms with Gasteiger partial charge in [0, 0.05) is 12.8 Å². The lowest BCUT2D eigenvalue weighted by molar-refractivity contribution is 0.174. The normalized spacial score (nSPS) is 13.8. The summed E-state index contributed by atoms with van der Waals surface area (Å²) in [5.74, 6) is 1.57. The minimum absolute atomic E-state index is 0.304. The molecule has 1 heterocycles. The van der Waals surface area contributed by atoms with Crippen LogP contribution >= 0.6 is 0 Å². The Hall–Kier alpha value is -1.55. The Bertz CT molecular complexity index is 350. The largest absolute Gasteiger partial charge is 0.454 e. The molecule has 4 nitrogen and oxygen atoms in total. The highest BCUT2D eigenvalue weighted by Gasteiger charge is 2.12. The third kappa shape index (κ3) is 1.85. The molecular weight excluding hydrogens is 180 g/mol. The summed E-state index contributed by atoms with van der Waals surface area (Å²) in [7, 11) is 0. The highest BCUT2D eigenvalue weighted by molar-refractivity contribution is 5.81. The Morgan fingerprint density at radius 3 is 3.07 bits per heavy atom. The van der Waals surface area contributed by atoms with Crippen molar-refractivity contribution in [1.29, 1.82) is 0 Å². The SMILES string of the molecule is NCCN=Cc1ccc2c(c1)OCO2. The fraction of sp³-hybridized carbons (Fsp3) is 0.300. The van der Waals surface area contributed by atoms with Crippen molar-refractivity contribution in [2.24, 2.45) is 10.7 Å². The van der Waals surface area contributed by atoms with Gasteiger partial charge in [-0.3, -0.25) is 4.99 Å². The zero-order valence-electron chi connectivity index (χ0n) is 7.77. The maximum Gasteiger partial charge on any atom is 0.231 e. The molecule has 14 heavy (non-hydrogen) atoms. The molecule has 0 unspecified atom stereocenters. The minimum Gasteiger partial charge on any atom is -0.454 e. The number of nitrogens with two attached hydrogens (primary N) is 1. The Morgan fingerprint density at radius 2 is 2.21 bits per heavy atom. The lowest BCUT2D eigenvalue weighted by atomic mass is 10.2. The van der Waals surface area contributed by atoms with E-state index in [0.717, 1.165) is 17.1 Å². The molecule has 1 aromatic carbocycles. The van der Waals surface area contributed by atoms with E-state index in [9.17, 15) is 0 Å². The van der Waals surface area contributed by atoms with Crippen LogP contribution < -0.4 is 15.2 Å². The molecule has 4 heteroatoms. The summed E-state index contributed by atoms with van der Waals surface area (Å²) in [5.41, 5.74) is 6.33.